The number of aromatic nitrogens is 2. The normalized spacial score (nSPS) is 14.2. The fraction of sp³-hybridized carbons (Fsp3) is 0.243. The zero-order chi connectivity index (χ0) is 32.8. The van der Waals surface area contributed by atoms with Crippen LogP contribution in [0, 0.1) is 17.2 Å². The molecule has 0 N–H and O–H groups in total. The van der Waals surface area contributed by atoms with Crippen LogP contribution in [0.25, 0.3) is 23.0 Å². The first kappa shape index (κ1) is 31.8. The molecule has 2 heterocycles. The summed E-state index contributed by atoms with van der Waals surface area (Å²) >= 11 is 0. The van der Waals surface area contributed by atoms with Crippen molar-refractivity contribution in [2.24, 2.45) is 5.92 Å². The molecule has 0 unspecified atom stereocenters. The average Bonchev–Trinajstić information content (AvgIpc) is 3.50. The Bertz CT molecular complexity index is 1850. The van der Waals surface area contributed by atoms with Crippen LogP contribution in [0.3, 0.4) is 0 Å². The summed E-state index contributed by atoms with van der Waals surface area (Å²) in [4.78, 5) is 28.4. The Balaban J connectivity index is 1.53. The van der Waals surface area contributed by atoms with E-state index in [0.29, 0.717) is 47.3 Å². The SMILES string of the molecule is COc1ccc(CCN2C(=O)C(C#N)=C(C)/C(=C\c3cn(-c4ccccc4)nc3-c3ccc(OCC(C)C)cc3)C2=O)cc1OC. The number of imide groups is 1. The highest BCUT2D eigenvalue weighted by Crippen LogP contribution is 2.33. The molecule has 1 aliphatic rings. The molecule has 0 radical (unpaired) electrons. The van der Waals surface area contributed by atoms with E-state index < -0.39 is 11.8 Å². The predicted octanol–water partition coefficient (Wildman–Crippen LogP) is 6.43. The molecule has 0 spiro atoms. The highest BCUT2D eigenvalue weighted by molar-refractivity contribution is 6.19. The topological polar surface area (TPSA) is 107 Å². The van der Waals surface area contributed by atoms with Crippen LogP contribution in [0.1, 0.15) is 31.9 Å². The number of hydrogen-bond acceptors (Lipinski definition) is 7. The van der Waals surface area contributed by atoms with Crippen molar-refractivity contribution in [2.45, 2.75) is 27.2 Å². The summed E-state index contributed by atoms with van der Waals surface area (Å²) in [5.41, 5.74) is 4.34. The number of hydrogen-bond donors (Lipinski definition) is 0. The van der Waals surface area contributed by atoms with Gasteiger partial charge in [-0.2, -0.15) is 10.4 Å². The van der Waals surface area contributed by atoms with E-state index in [0.717, 1.165) is 27.5 Å². The van der Waals surface area contributed by atoms with Gasteiger partial charge in [0, 0.05) is 29.4 Å². The lowest BCUT2D eigenvalue weighted by atomic mass is 9.93. The zero-order valence-corrected chi connectivity index (χ0v) is 26.6. The van der Waals surface area contributed by atoms with Gasteiger partial charge in [-0.25, -0.2) is 4.68 Å². The summed E-state index contributed by atoms with van der Waals surface area (Å²) in [6.07, 6.45) is 3.93. The quantitative estimate of drug-likeness (QED) is 0.141. The third-order valence-electron chi connectivity index (χ3n) is 7.67. The minimum atomic E-state index is -0.611. The predicted molar refractivity (Wildman–Crippen MR) is 176 cm³/mol. The van der Waals surface area contributed by atoms with Crippen LogP contribution in [-0.2, 0) is 16.0 Å². The molecule has 46 heavy (non-hydrogen) atoms. The number of carbonyl (C=O) groups excluding carboxylic acids is 2. The summed E-state index contributed by atoms with van der Waals surface area (Å²) in [5, 5.41) is 14.9. The molecule has 5 rings (SSSR count). The second kappa shape index (κ2) is 14.0. The highest BCUT2D eigenvalue weighted by atomic mass is 16.5. The second-order valence-electron chi connectivity index (χ2n) is 11.3. The molecule has 0 aliphatic carbocycles. The van der Waals surface area contributed by atoms with Gasteiger partial charge in [0.25, 0.3) is 11.8 Å². The lowest BCUT2D eigenvalue weighted by Gasteiger charge is -2.27. The summed E-state index contributed by atoms with van der Waals surface area (Å²) in [6, 6.07) is 24.8. The summed E-state index contributed by atoms with van der Waals surface area (Å²) in [6.45, 7) is 6.51. The van der Waals surface area contributed by atoms with Crippen molar-refractivity contribution < 1.29 is 23.8 Å². The van der Waals surface area contributed by atoms with E-state index in [1.165, 1.54) is 0 Å². The Hall–Kier alpha value is -5.62. The van der Waals surface area contributed by atoms with E-state index in [9.17, 15) is 14.9 Å². The largest absolute Gasteiger partial charge is 0.493 e. The van der Waals surface area contributed by atoms with Crippen molar-refractivity contribution in [1.82, 2.24) is 14.7 Å². The van der Waals surface area contributed by atoms with Crippen LogP contribution < -0.4 is 14.2 Å². The molecular weight excluding hydrogens is 580 g/mol. The van der Waals surface area contributed by atoms with Crippen molar-refractivity contribution >= 4 is 17.9 Å². The van der Waals surface area contributed by atoms with Gasteiger partial charge in [-0.15, -0.1) is 0 Å². The van der Waals surface area contributed by atoms with Gasteiger partial charge in [-0.1, -0.05) is 38.1 Å². The highest BCUT2D eigenvalue weighted by Gasteiger charge is 2.35. The van der Waals surface area contributed by atoms with Gasteiger partial charge in [-0.05, 0) is 85.0 Å². The van der Waals surface area contributed by atoms with Gasteiger partial charge in [0.05, 0.1) is 32.2 Å². The van der Waals surface area contributed by atoms with Gasteiger partial charge in [0.2, 0.25) is 0 Å². The Morgan fingerprint density at radius 2 is 1.65 bits per heavy atom. The monoisotopic (exact) mass is 616 g/mol. The fourth-order valence-electron chi connectivity index (χ4n) is 5.17. The van der Waals surface area contributed by atoms with Crippen molar-refractivity contribution in [3.05, 3.63) is 107 Å². The molecule has 9 heteroatoms. The molecule has 0 saturated carbocycles. The van der Waals surface area contributed by atoms with Gasteiger partial charge >= 0.3 is 0 Å². The fourth-order valence-corrected chi connectivity index (χ4v) is 5.17. The number of benzene rings is 3. The zero-order valence-electron chi connectivity index (χ0n) is 26.6. The van der Waals surface area contributed by atoms with Crippen molar-refractivity contribution in [3.8, 4) is 40.3 Å². The molecule has 0 bridgehead atoms. The van der Waals surface area contributed by atoms with E-state index in [4.69, 9.17) is 19.3 Å². The smallest absolute Gasteiger partial charge is 0.271 e. The van der Waals surface area contributed by atoms with E-state index in [2.05, 4.69) is 13.8 Å². The molecule has 3 aromatic carbocycles. The van der Waals surface area contributed by atoms with Crippen molar-refractivity contribution in [3.63, 3.8) is 0 Å². The molecule has 234 valence electrons. The standard InChI is InChI=1S/C37H36N4O5/c1-24(2)23-46-30-14-12-27(13-15-30)35-28(22-41(39-35)29-9-7-6-8-10-29)20-31-25(3)32(21-38)37(43)40(36(31)42)18-17-26-11-16-33(44-4)34(19-26)45-5/h6-16,19-20,22,24H,17-18,23H2,1-5H3/b31-20+. The Labute approximate surface area is 268 Å². The van der Waals surface area contributed by atoms with E-state index in [1.54, 1.807) is 38.0 Å². The maximum atomic E-state index is 14.0. The number of para-hydroxylation sites is 1. The molecule has 0 saturated heterocycles. The van der Waals surface area contributed by atoms with Crippen LogP contribution >= 0.6 is 0 Å². The van der Waals surface area contributed by atoms with E-state index in [1.807, 2.05) is 79.0 Å². The van der Waals surface area contributed by atoms with Gasteiger partial charge < -0.3 is 14.2 Å². The molecule has 9 nitrogen and oxygen atoms in total. The van der Waals surface area contributed by atoms with Crippen LogP contribution in [0.15, 0.2) is 95.7 Å². The van der Waals surface area contributed by atoms with Gasteiger partial charge in [0.15, 0.2) is 11.5 Å². The van der Waals surface area contributed by atoms with Crippen LogP contribution in [0.4, 0.5) is 0 Å². The van der Waals surface area contributed by atoms with Crippen LogP contribution in [0.5, 0.6) is 17.2 Å². The molecule has 1 aliphatic heterocycles. The number of amides is 2. The minimum absolute atomic E-state index is 0.0678. The van der Waals surface area contributed by atoms with Crippen LogP contribution in [0.2, 0.25) is 0 Å². The maximum Gasteiger partial charge on any atom is 0.271 e. The Morgan fingerprint density at radius 3 is 2.30 bits per heavy atom. The molecule has 4 aromatic rings. The second-order valence-corrected chi connectivity index (χ2v) is 11.3. The number of nitrogens with zero attached hydrogens (tertiary/aromatic N) is 4. The molecule has 1 aromatic heterocycles. The number of nitriles is 1. The number of rotatable bonds is 11. The first-order chi connectivity index (χ1) is 22.2. The third kappa shape index (κ3) is 6.71. The third-order valence-corrected chi connectivity index (χ3v) is 7.67. The number of carbonyl (C=O) groups is 2. The first-order valence-electron chi connectivity index (χ1n) is 15.0. The minimum Gasteiger partial charge on any atom is -0.493 e. The first-order valence-corrected chi connectivity index (χ1v) is 15.0. The summed E-state index contributed by atoms with van der Waals surface area (Å²) in [5.74, 6) is 1.19. The van der Waals surface area contributed by atoms with E-state index in [-0.39, 0.29) is 17.7 Å². The Morgan fingerprint density at radius 1 is 0.935 bits per heavy atom. The summed E-state index contributed by atoms with van der Waals surface area (Å²) in [7, 11) is 3.10. The van der Waals surface area contributed by atoms with Crippen LogP contribution in [-0.4, -0.2) is 53.9 Å². The van der Waals surface area contributed by atoms with Crippen molar-refractivity contribution in [1.29, 1.82) is 5.26 Å². The van der Waals surface area contributed by atoms with Crippen molar-refractivity contribution in [2.75, 3.05) is 27.4 Å². The summed E-state index contributed by atoms with van der Waals surface area (Å²) < 4.78 is 18.3. The van der Waals surface area contributed by atoms with Gasteiger partial charge in [-0.3, -0.25) is 14.5 Å². The molecule has 2 amide bonds. The average molecular weight is 617 g/mol. The van der Waals surface area contributed by atoms with E-state index >= 15 is 0 Å². The number of ether oxygens (including phenoxy) is 3. The number of methoxy groups -OCH3 is 2. The lowest BCUT2D eigenvalue weighted by Crippen LogP contribution is -2.43. The molecular formula is C37H36N4O5. The van der Waals surface area contributed by atoms with Gasteiger partial charge in [0.1, 0.15) is 17.4 Å². The molecule has 0 fully saturated rings. The lowest BCUT2D eigenvalue weighted by molar-refractivity contribution is -0.140. The maximum absolute atomic E-state index is 14.0. The molecule has 0 atom stereocenters. The Kier molecular flexibility index (Phi) is 9.67.